The fourth-order valence-electron chi connectivity index (χ4n) is 3.11. The first kappa shape index (κ1) is 25.3. The number of rotatable bonds is 11. The SMILES string of the molecule is CCCCN(C)C(=O)Oc1cc(OCCC)c(OC(=O)N(C)CCCC)c2ccccc12. The van der Waals surface area contributed by atoms with E-state index in [1.54, 1.807) is 30.0 Å². The van der Waals surface area contributed by atoms with Gasteiger partial charge in [0.2, 0.25) is 0 Å². The molecule has 0 aromatic heterocycles. The first-order valence-electron chi connectivity index (χ1n) is 11.5. The van der Waals surface area contributed by atoms with Crippen LogP contribution in [0.4, 0.5) is 9.59 Å². The van der Waals surface area contributed by atoms with Gasteiger partial charge in [-0.2, -0.15) is 0 Å². The average molecular weight is 445 g/mol. The zero-order valence-electron chi connectivity index (χ0n) is 20.0. The lowest BCUT2D eigenvalue weighted by Crippen LogP contribution is -2.31. The molecule has 0 heterocycles. The van der Waals surface area contributed by atoms with Crippen molar-refractivity contribution in [2.24, 2.45) is 0 Å². The number of fused-ring (bicyclic) bond motifs is 1. The molecule has 2 amide bonds. The Bertz CT molecular complexity index is 899. The summed E-state index contributed by atoms with van der Waals surface area (Å²) in [6, 6.07) is 9.01. The normalized spacial score (nSPS) is 10.7. The minimum Gasteiger partial charge on any atom is -0.490 e. The molecule has 0 atom stereocenters. The molecule has 0 bridgehead atoms. The number of carbonyl (C=O) groups is 2. The first-order valence-corrected chi connectivity index (χ1v) is 11.5. The number of hydrogen-bond donors (Lipinski definition) is 0. The van der Waals surface area contributed by atoms with E-state index in [1.807, 2.05) is 31.2 Å². The van der Waals surface area contributed by atoms with Gasteiger partial charge in [-0.05, 0) is 19.3 Å². The van der Waals surface area contributed by atoms with Crippen LogP contribution in [0, 0.1) is 0 Å². The van der Waals surface area contributed by atoms with Crippen LogP contribution in [0.3, 0.4) is 0 Å². The number of nitrogens with zero attached hydrogens (tertiary/aromatic N) is 2. The van der Waals surface area contributed by atoms with Crippen molar-refractivity contribution in [3.63, 3.8) is 0 Å². The molecule has 176 valence electrons. The summed E-state index contributed by atoms with van der Waals surface area (Å²) in [6.45, 7) is 7.81. The maximum absolute atomic E-state index is 12.7. The van der Waals surface area contributed by atoms with Gasteiger partial charge in [0.25, 0.3) is 0 Å². The summed E-state index contributed by atoms with van der Waals surface area (Å²) in [5, 5.41) is 1.32. The summed E-state index contributed by atoms with van der Waals surface area (Å²) in [7, 11) is 3.44. The van der Waals surface area contributed by atoms with Gasteiger partial charge in [-0.3, -0.25) is 0 Å². The predicted molar refractivity (Wildman–Crippen MR) is 127 cm³/mol. The minimum absolute atomic E-state index is 0.335. The number of amides is 2. The third kappa shape index (κ3) is 6.77. The van der Waals surface area contributed by atoms with Crippen molar-refractivity contribution >= 4 is 23.0 Å². The van der Waals surface area contributed by atoms with Gasteiger partial charge < -0.3 is 24.0 Å². The van der Waals surface area contributed by atoms with E-state index in [1.165, 1.54) is 0 Å². The van der Waals surface area contributed by atoms with Crippen LogP contribution in [0.2, 0.25) is 0 Å². The average Bonchev–Trinajstić information content (AvgIpc) is 2.80. The Hall–Kier alpha value is -2.96. The van der Waals surface area contributed by atoms with Crippen LogP contribution in [0.5, 0.6) is 17.2 Å². The molecular weight excluding hydrogens is 408 g/mol. The van der Waals surface area contributed by atoms with E-state index in [4.69, 9.17) is 14.2 Å². The highest BCUT2D eigenvalue weighted by molar-refractivity contribution is 5.98. The lowest BCUT2D eigenvalue weighted by atomic mass is 10.1. The van der Waals surface area contributed by atoms with Crippen molar-refractivity contribution in [1.29, 1.82) is 0 Å². The minimum atomic E-state index is -0.450. The van der Waals surface area contributed by atoms with E-state index < -0.39 is 12.2 Å². The second-order valence-electron chi connectivity index (χ2n) is 7.88. The molecule has 7 heteroatoms. The zero-order valence-corrected chi connectivity index (χ0v) is 20.0. The lowest BCUT2D eigenvalue weighted by molar-refractivity contribution is 0.159. The summed E-state index contributed by atoms with van der Waals surface area (Å²) >= 11 is 0. The summed E-state index contributed by atoms with van der Waals surface area (Å²) in [5.74, 6) is 1.09. The summed E-state index contributed by atoms with van der Waals surface area (Å²) in [5.41, 5.74) is 0. The van der Waals surface area contributed by atoms with Crippen LogP contribution in [0.1, 0.15) is 52.9 Å². The highest BCUT2D eigenvalue weighted by atomic mass is 16.6. The number of hydrogen-bond acceptors (Lipinski definition) is 5. The monoisotopic (exact) mass is 444 g/mol. The van der Waals surface area contributed by atoms with E-state index in [0.29, 0.717) is 47.7 Å². The topological polar surface area (TPSA) is 68.3 Å². The Morgan fingerprint density at radius 2 is 1.34 bits per heavy atom. The lowest BCUT2D eigenvalue weighted by Gasteiger charge is -2.21. The standard InChI is InChI=1S/C25H36N2O5/c1-6-9-15-26(4)24(28)31-21-18-22(30-17-8-3)23(20-14-12-11-13-19(20)21)32-25(29)27(5)16-10-7-2/h11-14,18H,6-10,15-17H2,1-5H3. The second-order valence-corrected chi connectivity index (χ2v) is 7.88. The van der Waals surface area contributed by atoms with Crippen molar-refractivity contribution in [2.45, 2.75) is 52.9 Å². The van der Waals surface area contributed by atoms with Gasteiger partial charge in [0.1, 0.15) is 5.75 Å². The van der Waals surface area contributed by atoms with Crippen molar-refractivity contribution in [1.82, 2.24) is 9.80 Å². The molecule has 0 radical (unpaired) electrons. The highest BCUT2D eigenvalue weighted by Gasteiger charge is 2.22. The molecule has 0 unspecified atom stereocenters. The largest absolute Gasteiger partial charge is 0.490 e. The van der Waals surface area contributed by atoms with Crippen molar-refractivity contribution in [3.8, 4) is 17.2 Å². The van der Waals surface area contributed by atoms with Crippen molar-refractivity contribution in [3.05, 3.63) is 30.3 Å². The zero-order chi connectivity index (χ0) is 23.5. The number of ether oxygens (including phenoxy) is 3. The molecule has 0 N–H and O–H groups in total. The first-order chi connectivity index (χ1) is 15.4. The van der Waals surface area contributed by atoms with E-state index in [0.717, 1.165) is 32.1 Å². The molecule has 0 aliphatic carbocycles. The number of benzene rings is 2. The van der Waals surface area contributed by atoms with Crippen LogP contribution < -0.4 is 14.2 Å². The van der Waals surface area contributed by atoms with Crippen LogP contribution in [-0.4, -0.2) is 55.8 Å². The molecule has 2 rings (SSSR count). The van der Waals surface area contributed by atoms with Crippen molar-refractivity contribution in [2.75, 3.05) is 33.8 Å². The fraction of sp³-hybridized carbons (Fsp3) is 0.520. The van der Waals surface area contributed by atoms with Crippen LogP contribution in [0.25, 0.3) is 10.8 Å². The molecule has 0 aliphatic heterocycles. The summed E-state index contributed by atoms with van der Waals surface area (Å²) in [4.78, 5) is 28.4. The summed E-state index contributed by atoms with van der Waals surface area (Å²) in [6.07, 6.45) is 3.67. The molecule has 0 aliphatic rings. The Morgan fingerprint density at radius 3 is 1.91 bits per heavy atom. The van der Waals surface area contributed by atoms with Crippen molar-refractivity contribution < 1.29 is 23.8 Å². The van der Waals surface area contributed by atoms with Gasteiger partial charge in [0.05, 0.1) is 6.61 Å². The molecule has 0 spiro atoms. The van der Waals surface area contributed by atoms with E-state index in [-0.39, 0.29) is 0 Å². The Balaban J connectivity index is 2.43. The molecule has 2 aromatic rings. The molecule has 32 heavy (non-hydrogen) atoms. The van der Waals surface area contributed by atoms with Gasteiger partial charge in [0.15, 0.2) is 11.5 Å². The highest BCUT2D eigenvalue weighted by Crippen LogP contribution is 2.42. The predicted octanol–water partition coefficient (Wildman–Crippen LogP) is 6.09. The fourth-order valence-corrected chi connectivity index (χ4v) is 3.11. The number of carbonyl (C=O) groups excluding carboxylic acids is 2. The third-order valence-electron chi connectivity index (χ3n) is 5.09. The third-order valence-corrected chi connectivity index (χ3v) is 5.09. The summed E-state index contributed by atoms with van der Waals surface area (Å²) < 4.78 is 17.4. The van der Waals surface area contributed by atoms with Crippen LogP contribution in [0.15, 0.2) is 30.3 Å². The van der Waals surface area contributed by atoms with Gasteiger partial charge in [-0.15, -0.1) is 0 Å². The van der Waals surface area contributed by atoms with Gasteiger partial charge in [-0.25, -0.2) is 9.59 Å². The van der Waals surface area contributed by atoms with E-state index >= 15 is 0 Å². The van der Waals surface area contributed by atoms with Gasteiger partial charge in [0, 0.05) is 44.0 Å². The van der Waals surface area contributed by atoms with Gasteiger partial charge >= 0.3 is 12.2 Å². The molecule has 0 fully saturated rings. The van der Waals surface area contributed by atoms with Crippen LogP contribution in [-0.2, 0) is 0 Å². The quantitative estimate of drug-likeness (QED) is 0.419. The Morgan fingerprint density at radius 1 is 0.781 bits per heavy atom. The van der Waals surface area contributed by atoms with Crippen LogP contribution >= 0.6 is 0 Å². The molecule has 7 nitrogen and oxygen atoms in total. The Kier molecular flexibility index (Phi) is 10.1. The molecule has 2 aromatic carbocycles. The van der Waals surface area contributed by atoms with Gasteiger partial charge in [-0.1, -0.05) is 57.9 Å². The van der Waals surface area contributed by atoms with E-state index in [9.17, 15) is 9.59 Å². The maximum atomic E-state index is 12.7. The molecular formula is C25H36N2O5. The Labute approximate surface area is 191 Å². The smallest absolute Gasteiger partial charge is 0.415 e. The maximum Gasteiger partial charge on any atom is 0.415 e. The van der Waals surface area contributed by atoms with E-state index in [2.05, 4.69) is 13.8 Å². The molecule has 0 saturated carbocycles. The second kappa shape index (κ2) is 12.8. The molecule has 0 saturated heterocycles. The number of unbranched alkanes of at least 4 members (excludes halogenated alkanes) is 2.